The molecule has 0 radical (unpaired) electrons. The zero-order valence-electron chi connectivity index (χ0n) is 57.6. The van der Waals surface area contributed by atoms with Gasteiger partial charge < -0.3 is 28.7 Å². The van der Waals surface area contributed by atoms with E-state index in [0.717, 1.165) is 135 Å². The number of rotatable bonds is 19. The number of hydrogen-bond acceptors (Lipinski definition) is 6. The van der Waals surface area contributed by atoms with Gasteiger partial charge in [0.25, 0.3) is 0 Å². The fraction of sp³-hybridized carbons (Fsp3) is 0.149. The summed E-state index contributed by atoms with van der Waals surface area (Å²) in [6.45, 7) is 8.24. The maximum absolute atomic E-state index is 15.8. The van der Waals surface area contributed by atoms with E-state index in [1.54, 1.807) is 12.1 Å². The van der Waals surface area contributed by atoms with E-state index in [0.29, 0.717) is 62.4 Å². The Kier molecular flexibility index (Phi) is 16.0. The van der Waals surface area contributed by atoms with Crippen LogP contribution in [0.3, 0.4) is 0 Å². The summed E-state index contributed by atoms with van der Waals surface area (Å²) in [5, 5.41) is 4.46. The summed E-state index contributed by atoms with van der Waals surface area (Å²) < 4.78 is 86.3. The number of halogens is 4. The lowest BCUT2D eigenvalue weighted by molar-refractivity contribution is -0.133. The van der Waals surface area contributed by atoms with Crippen LogP contribution in [0.2, 0.25) is 0 Å². The van der Waals surface area contributed by atoms with Crippen LogP contribution in [0.15, 0.2) is 303 Å². The Balaban J connectivity index is 0.727. The molecule has 14 aromatic carbocycles. The van der Waals surface area contributed by atoms with Crippen molar-refractivity contribution < 1.29 is 36.5 Å². The minimum atomic E-state index is -0.969. The second-order valence-electron chi connectivity index (χ2n) is 28.5. The fourth-order valence-corrected chi connectivity index (χ4v) is 16.6. The minimum absolute atomic E-state index is 0.00265. The molecule has 0 N–H and O–H groups in total. The average Bonchev–Trinajstić information content (AvgIpc) is 1.53. The maximum atomic E-state index is 15.8. The third-order valence-electron chi connectivity index (χ3n) is 22.6. The van der Waals surface area contributed by atoms with Gasteiger partial charge in [0, 0.05) is 46.3 Å². The van der Waals surface area contributed by atoms with Crippen LogP contribution in [0, 0.1) is 34.1 Å². The van der Waals surface area contributed by atoms with Crippen molar-refractivity contribution in [3.05, 3.63) is 371 Å². The van der Waals surface area contributed by atoms with Gasteiger partial charge in [-0.2, -0.15) is 0 Å². The van der Waals surface area contributed by atoms with E-state index < -0.39 is 34.1 Å². The first-order valence-corrected chi connectivity index (χ1v) is 35.8. The van der Waals surface area contributed by atoms with Gasteiger partial charge in [0.05, 0.1) is 61.3 Å². The van der Waals surface area contributed by atoms with Crippen LogP contribution < -0.4 is 19.3 Å². The molecule has 0 spiro atoms. The van der Waals surface area contributed by atoms with Gasteiger partial charge in [0.15, 0.2) is 23.3 Å². The highest BCUT2D eigenvalue weighted by Gasteiger charge is 2.49. The molecule has 2 aliphatic carbocycles. The second kappa shape index (κ2) is 25.7. The highest BCUT2D eigenvalue weighted by molar-refractivity contribution is 5.94. The molecule has 2 unspecified atom stereocenters. The molecule has 0 aromatic heterocycles. The monoisotopic (exact) mass is 1370 g/mol. The molecule has 510 valence electrons. The number of benzene rings is 14. The van der Waals surface area contributed by atoms with E-state index in [1.165, 1.54) is 24.3 Å². The van der Waals surface area contributed by atoms with Gasteiger partial charge in [-0.3, -0.25) is 0 Å². The smallest absolute Gasteiger partial charge is 0.160 e. The molecule has 14 aromatic rings. The molecule has 2 atom stereocenters. The van der Waals surface area contributed by atoms with Gasteiger partial charge >= 0.3 is 0 Å². The van der Waals surface area contributed by atoms with E-state index in [-0.39, 0.29) is 10.8 Å². The molecular weight excluding hydrogens is 1300 g/mol. The zero-order chi connectivity index (χ0) is 70.3. The van der Waals surface area contributed by atoms with Crippen molar-refractivity contribution in [2.45, 2.75) is 37.5 Å². The molecule has 0 saturated carbocycles. The summed E-state index contributed by atoms with van der Waals surface area (Å²) in [7, 11) is 0. The molecule has 2 heterocycles. The summed E-state index contributed by atoms with van der Waals surface area (Å²) in [5.74, 6) is -2.27. The number of anilines is 6. The largest absolute Gasteiger partial charge is 0.493 e. The molecule has 0 amide bonds. The average molecular weight is 1370 g/mol. The van der Waals surface area contributed by atoms with Crippen LogP contribution >= 0.6 is 0 Å². The molecule has 2 fully saturated rings. The minimum Gasteiger partial charge on any atom is -0.493 e. The number of nitrogens with zero attached hydrogens (tertiary/aromatic N) is 2. The van der Waals surface area contributed by atoms with Crippen LogP contribution in [0.5, 0.6) is 11.5 Å². The predicted molar refractivity (Wildman–Crippen MR) is 409 cm³/mol. The van der Waals surface area contributed by atoms with E-state index in [2.05, 4.69) is 232 Å². The Morgan fingerprint density at radius 2 is 0.635 bits per heavy atom. The summed E-state index contributed by atoms with van der Waals surface area (Å²) in [6.07, 6.45) is 1.93. The van der Waals surface area contributed by atoms with E-state index >= 15 is 17.6 Å². The van der Waals surface area contributed by atoms with Gasteiger partial charge in [-0.15, -0.1) is 0 Å². The van der Waals surface area contributed by atoms with Gasteiger partial charge in [-0.25, -0.2) is 17.6 Å². The summed E-state index contributed by atoms with van der Waals surface area (Å²) in [4.78, 5) is 3.96. The van der Waals surface area contributed by atoms with Crippen molar-refractivity contribution in [3.8, 4) is 44.9 Å². The predicted octanol–water partition coefficient (Wildman–Crippen LogP) is 23.5. The van der Waals surface area contributed by atoms with Gasteiger partial charge in [-0.05, 0) is 221 Å². The quantitative estimate of drug-likeness (QED) is 0.0752. The molecule has 18 rings (SSSR count). The first-order valence-electron chi connectivity index (χ1n) is 35.8. The van der Waals surface area contributed by atoms with Crippen LogP contribution in [-0.4, -0.2) is 39.6 Å². The van der Waals surface area contributed by atoms with E-state index in [4.69, 9.17) is 18.9 Å². The third-order valence-corrected chi connectivity index (χ3v) is 22.6. The first-order chi connectivity index (χ1) is 50.9. The van der Waals surface area contributed by atoms with Crippen molar-refractivity contribution in [3.63, 3.8) is 0 Å². The standard InChI is InChI=1S/C94H72F4N2O4/c1-3-91(55-101-56-91)59-103-77-41-29-67(30-42-77)93(69-27-21-61-13-5-7-15-65(61)49-69)83-19-11-9-17-79(83)81-45-37-73(51-85(81)93)99(75-39-47-87(95)89(97)53-75)71-33-23-63(24-34-71)64-25-35-72(36-26-64)100(76-40-48-88(96)90(98)54-76)74-38-46-82-80-18-10-12-20-84(80)94(86(82)52-74,70-28-22-62-14-6-8-16-66(62)50-70)68-31-43-78(44-32-68)104-60-92(4-2)57-102-58-92/h5-54H,3-4,55-60H2,1-2H3. The molecule has 104 heavy (non-hydrogen) atoms. The lowest BCUT2D eigenvalue weighted by atomic mass is 9.67. The summed E-state index contributed by atoms with van der Waals surface area (Å²) >= 11 is 0. The summed E-state index contributed by atoms with van der Waals surface area (Å²) in [5.41, 5.74) is 16.7. The second-order valence-corrected chi connectivity index (χ2v) is 28.5. The molecule has 2 aliphatic heterocycles. The van der Waals surface area contributed by atoms with Crippen molar-refractivity contribution in [1.29, 1.82) is 0 Å². The topological polar surface area (TPSA) is 43.4 Å². The van der Waals surface area contributed by atoms with Crippen molar-refractivity contribution in [2.75, 3.05) is 49.4 Å². The Hall–Kier alpha value is -11.6. The maximum Gasteiger partial charge on any atom is 0.160 e. The van der Waals surface area contributed by atoms with Gasteiger partial charge in [0.1, 0.15) is 11.5 Å². The third kappa shape index (κ3) is 10.7. The Morgan fingerprint density at radius 3 is 1.01 bits per heavy atom. The lowest BCUT2D eigenvalue weighted by Gasteiger charge is -2.40. The van der Waals surface area contributed by atoms with Crippen molar-refractivity contribution in [1.82, 2.24) is 0 Å². The van der Waals surface area contributed by atoms with Gasteiger partial charge in [-0.1, -0.05) is 196 Å². The fourth-order valence-electron chi connectivity index (χ4n) is 16.6. The van der Waals surface area contributed by atoms with Crippen molar-refractivity contribution >= 4 is 55.7 Å². The number of hydrogen-bond donors (Lipinski definition) is 0. The SMILES string of the molecule is CCC1(COc2ccc(C3(c4ccc5ccccc5c4)c4ccccc4-c4ccc(N(c5ccc(-c6ccc(N(c7ccc(F)c(F)c7)c7ccc8c(c7)C(c7ccc(OCC9(CC)COC9)cc7)(c7ccc9ccccc9c7)c7ccccc7-8)cc6)cc5)c5ccc(F)c(F)c5)cc43)cc2)COC1. The molecule has 0 bridgehead atoms. The Labute approximate surface area is 602 Å². The summed E-state index contributed by atoms with van der Waals surface area (Å²) in [6, 6.07) is 102. The highest BCUT2D eigenvalue weighted by Crippen LogP contribution is 2.60. The first kappa shape index (κ1) is 64.5. The molecule has 2 saturated heterocycles. The molecule has 6 nitrogen and oxygen atoms in total. The number of fused-ring (bicyclic) bond motifs is 8. The molecule has 10 heteroatoms. The lowest BCUT2D eigenvalue weighted by Crippen LogP contribution is -2.46. The van der Waals surface area contributed by atoms with Crippen LogP contribution in [-0.2, 0) is 20.3 Å². The van der Waals surface area contributed by atoms with Crippen LogP contribution in [0.4, 0.5) is 51.7 Å². The van der Waals surface area contributed by atoms with Gasteiger partial charge in [0.2, 0.25) is 0 Å². The van der Waals surface area contributed by atoms with E-state index in [1.807, 2.05) is 58.3 Å². The van der Waals surface area contributed by atoms with Crippen LogP contribution in [0.25, 0.3) is 54.9 Å². The normalized spacial score (nSPS) is 17.1. The zero-order valence-corrected chi connectivity index (χ0v) is 57.6. The number of ether oxygens (including phenoxy) is 4. The Morgan fingerprint density at radius 1 is 0.298 bits per heavy atom. The van der Waals surface area contributed by atoms with Crippen molar-refractivity contribution in [2.24, 2.45) is 10.8 Å². The van der Waals surface area contributed by atoms with Crippen LogP contribution in [0.1, 0.15) is 71.2 Å². The molecule has 4 aliphatic rings. The Bertz CT molecular complexity index is 5280. The highest BCUT2D eigenvalue weighted by atomic mass is 19.2. The molecular formula is C94H72F4N2O4. The van der Waals surface area contributed by atoms with E-state index in [9.17, 15) is 0 Å².